The molecule has 7 heteroatoms. The Morgan fingerprint density at radius 2 is 2.27 bits per heavy atom. The van der Waals surface area contributed by atoms with Crippen LogP contribution < -0.4 is 9.64 Å². The molecule has 0 fully saturated rings. The molecule has 2 aliphatic heterocycles. The predicted octanol–water partition coefficient (Wildman–Crippen LogP) is 1.93. The second kappa shape index (κ2) is 5.55. The fourth-order valence-electron chi connectivity index (χ4n) is 2.87. The maximum Gasteiger partial charge on any atom is 0.318 e. The van der Waals surface area contributed by atoms with E-state index in [0.29, 0.717) is 13.0 Å². The van der Waals surface area contributed by atoms with Crippen LogP contribution >= 0.6 is 0 Å². The Labute approximate surface area is 125 Å². The van der Waals surface area contributed by atoms with Gasteiger partial charge in [-0.25, -0.2) is 4.39 Å². The standard InChI is InChI=1S/C15H15F2NO4/c1-2-21-15(20)9-7-18-4-3-5-22-14-11(17)10(16)6-8(12(14)18)13(9)19/h6,9H,2-5,7H2,1H3. The highest BCUT2D eigenvalue weighted by molar-refractivity contribution is 6.14. The van der Waals surface area contributed by atoms with E-state index in [-0.39, 0.29) is 36.8 Å². The number of benzene rings is 1. The van der Waals surface area contributed by atoms with Gasteiger partial charge in [-0.2, -0.15) is 4.39 Å². The number of esters is 1. The minimum absolute atomic E-state index is 0.0277. The van der Waals surface area contributed by atoms with Crippen LogP contribution in [0.2, 0.25) is 0 Å². The van der Waals surface area contributed by atoms with Crippen LogP contribution in [0, 0.1) is 17.6 Å². The van der Waals surface area contributed by atoms with E-state index < -0.39 is 29.3 Å². The Balaban J connectivity index is 2.12. The van der Waals surface area contributed by atoms with Crippen LogP contribution in [0.4, 0.5) is 14.5 Å². The molecule has 1 aromatic carbocycles. The maximum atomic E-state index is 14.0. The number of ketones is 1. The minimum Gasteiger partial charge on any atom is -0.488 e. The van der Waals surface area contributed by atoms with Gasteiger partial charge in [0.05, 0.1) is 18.9 Å². The molecule has 3 rings (SSSR count). The van der Waals surface area contributed by atoms with Crippen molar-refractivity contribution in [1.82, 2.24) is 0 Å². The summed E-state index contributed by atoms with van der Waals surface area (Å²) in [4.78, 5) is 26.1. The average Bonchev–Trinajstić information content (AvgIpc) is 2.70. The Bertz CT molecular complexity index is 647. The van der Waals surface area contributed by atoms with Crippen molar-refractivity contribution >= 4 is 17.4 Å². The molecule has 0 aliphatic carbocycles. The number of nitrogens with zero attached hydrogens (tertiary/aromatic N) is 1. The molecule has 0 amide bonds. The highest BCUT2D eigenvalue weighted by Crippen LogP contribution is 2.42. The van der Waals surface area contributed by atoms with Crippen LogP contribution in [0.3, 0.4) is 0 Å². The third kappa shape index (κ3) is 2.20. The second-order valence-corrected chi connectivity index (χ2v) is 5.21. The van der Waals surface area contributed by atoms with Crippen molar-refractivity contribution in [2.75, 3.05) is 31.2 Å². The van der Waals surface area contributed by atoms with E-state index in [9.17, 15) is 18.4 Å². The van der Waals surface area contributed by atoms with Crippen molar-refractivity contribution in [3.8, 4) is 5.75 Å². The first kappa shape index (κ1) is 14.7. The molecule has 5 nitrogen and oxygen atoms in total. The van der Waals surface area contributed by atoms with Gasteiger partial charge in [-0.15, -0.1) is 0 Å². The van der Waals surface area contributed by atoms with Gasteiger partial charge >= 0.3 is 5.97 Å². The van der Waals surface area contributed by atoms with E-state index in [1.807, 2.05) is 0 Å². The summed E-state index contributed by atoms with van der Waals surface area (Å²) in [7, 11) is 0. The molecule has 22 heavy (non-hydrogen) atoms. The number of halogens is 2. The van der Waals surface area contributed by atoms with Crippen molar-refractivity contribution in [2.45, 2.75) is 13.3 Å². The first-order valence-corrected chi connectivity index (χ1v) is 7.15. The Morgan fingerprint density at radius 1 is 1.50 bits per heavy atom. The summed E-state index contributed by atoms with van der Waals surface area (Å²) in [5.74, 6) is -4.74. The first-order chi connectivity index (χ1) is 10.5. The smallest absolute Gasteiger partial charge is 0.318 e. The molecule has 1 atom stereocenters. The molecule has 0 saturated heterocycles. The monoisotopic (exact) mass is 311 g/mol. The van der Waals surface area contributed by atoms with Crippen molar-refractivity contribution < 1.29 is 27.8 Å². The van der Waals surface area contributed by atoms with Crippen LogP contribution in [0.15, 0.2) is 6.07 Å². The number of carbonyl (C=O) groups is 2. The number of anilines is 1. The number of Topliss-reactive ketones (excluding diaryl/α,β-unsaturated/α-hetero) is 1. The Hall–Kier alpha value is -2.18. The molecule has 0 saturated carbocycles. The summed E-state index contributed by atoms with van der Waals surface area (Å²) in [6.45, 7) is 2.61. The number of hydrogen-bond donors (Lipinski definition) is 0. The Morgan fingerprint density at radius 3 is 3.00 bits per heavy atom. The summed E-state index contributed by atoms with van der Waals surface area (Å²) in [6.07, 6.45) is 0.582. The fourth-order valence-corrected chi connectivity index (χ4v) is 2.87. The van der Waals surface area contributed by atoms with Crippen molar-refractivity contribution in [1.29, 1.82) is 0 Å². The van der Waals surface area contributed by atoms with Gasteiger partial charge < -0.3 is 14.4 Å². The third-order valence-corrected chi connectivity index (χ3v) is 3.84. The lowest BCUT2D eigenvalue weighted by atomic mass is 9.90. The summed E-state index contributed by atoms with van der Waals surface area (Å²) >= 11 is 0. The zero-order valence-corrected chi connectivity index (χ0v) is 12.0. The quantitative estimate of drug-likeness (QED) is 0.617. The lowest BCUT2D eigenvalue weighted by Gasteiger charge is -2.33. The van der Waals surface area contributed by atoms with Crippen LogP contribution in [-0.4, -0.2) is 38.1 Å². The van der Waals surface area contributed by atoms with Crippen molar-refractivity contribution in [3.05, 3.63) is 23.3 Å². The van der Waals surface area contributed by atoms with E-state index in [4.69, 9.17) is 9.47 Å². The fraction of sp³-hybridized carbons (Fsp3) is 0.467. The summed E-state index contributed by atoms with van der Waals surface area (Å²) in [5, 5.41) is 0. The lowest BCUT2D eigenvalue weighted by Crippen LogP contribution is -2.43. The van der Waals surface area contributed by atoms with Gasteiger partial charge in [0.1, 0.15) is 5.92 Å². The van der Waals surface area contributed by atoms with Crippen molar-refractivity contribution in [2.24, 2.45) is 5.92 Å². The molecule has 2 aliphatic rings. The number of ether oxygens (including phenoxy) is 2. The number of carbonyl (C=O) groups excluding carboxylic acids is 2. The largest absolute Gasteiger partial charge is 0.488 e. The Kier molecular flexibility index (Phi) is 3.72. The molecule has 1 aromatic rings. The van der Waals surface area contributed by atoms with E-state index in [1.54, 1.807) is 11.8 Å². The summed E-state index contributed by atoms with van der Waals surface area (Å²) in [6, 6.07) is 0.837. The third-order valence-electron chi connectivity index (χ3n) is 3.84. The van der Waals surface area contributed by atoms with Crippen molar-refractivity contribution in [3.63, 3.8) is 0 Å². The van der Waals surface area contributed by atoms with Crippen LogP contribution in [0.25, 0.3) is 0 Å². The van der Waals surface area contributed by atoms with E-state index in [2.05, 4.69) is 0 Å². The normalized spacial score (nSPS) is 20.0. The van der Waals surface area contributed by atoms with Gasteiger partial charge in [0.25, 0.3) is 0 Å². The van der Waals surface area contributed by atoms with Gasteiger partial charge in [-0.1, -0.05) is 0 Å². The minimum atomic E-state index is -1.16. The maximum absolute atomic E-state index is 14.0. The van der Waals surface area contributed by atoms with Gasteiger partial charge in [-0.3, -0.25) is 9.59 Å². The van der Waals surface area contributed by atoms with Gasteiger partial charge in [0, 0.05) is 18.7 Å². The molecule has 0 spiro atoms. The lowest BCUT2D eigenvalue weighted by molar-refractivity contribution is -0.145. The predicted molar refractivity (Wildman–Crippen MR) is 73.1 cm³/mol. The topological polar surface area (TPSA) is 55.8 Å². The first-order valence-electron chi connectivity index (χ1n) is 7.15. The molecule has 2 heterocycles. The molecule has 118 valence electrons. The molecule has 0 N–H and O–H groups in total. The molecular formula is C15H15F2NO4. The van der Waals surface area contributed by atoms with Gasteiger partial charge in [-0.05, 0) is 19.4 Å². The van der Waals surface area contributed by atoms with Crippen LogP contribution in [-0.2, 0) is 9.53 Å². The number of rotatable bonds is 2. The van der Waals surface area contributed by atoms with E-state index in [1.165, 1.54) is 0 Å². The average molecular weight is 311 g/mol. The molecule has 0 radical (unpaired) electrons. The van der Waals surface area contributed by atoms with E-state index >= 15 is 0 Å². The summed E-state index contributed by atoms with van der Waals surface area (Å²) in [5.41, 5.74) is 0.210. The molecule has 1 unspecified atom stereocenters. The van der Waals surface area contributed by atoms with Gasteiger partial charge in [0.2, 0.25) is 5.82 Å². The molecule has 0 bridgehead atoms. The van der Waals surface area contributed by atoms with Crippen LogP contribution in [0.1, 0.15) is 23.7 Å². The van der Waals surface area contributed by atoms with E-state index in [0.717, 1.165) is 6.07 Å². The molecule has 0 aromatic heterocycles. The SMILES string of the molecule is CCOC(=O)C1CN2CCCOc3c(F)c(F)cc(c32)C1=O. The van der Waals surface area contributed by atoms with Crippen LogP contribution in [0.5, 0.6) is 5.75 Å². The molecular weight excluding hydrogens is 296 g/mol. The summed E-state index contributed by atoms with van der Waals surface area (Å²) < 4.78 is 37.9. The van der Waals surface area contributed by atoms with Gasteiger partial charge in [0.15, 0.2) is 17.3 Å². The zero-order valence-electron chi connectivity index (χ0n) is 12.0. The highest BCUT2D eigenvalue weighted by atomic mass is 19.2. The number of hydrogen-bond acceptors (Lipinski definition) is 5. The zero-order chi connectivity index (χ0) is 15.9. The second-order valence-electron chi connectivity index (χ2n) is 5.21. The highest BCUT2D eigenvalue weighted by Gasteiger charge is 2.41.